The van der Waals surface area contributed by atoms with E-state index in [1.807, 2.05) is 30.3 Å². The molecule has 1 aromatic carbocycles. The Morgan fingerprint density at radius 2 is 2.04 bits per heavy atom. The lowest BCUT2D eigenvalue weighted by atomic mass is 9.90. The zero-order chi connectivity index (χ0) is 17.9. The standard InChI is InChI=1S/C21H21N3OS/c1-2-14-5-3-4-6-17(14)23-20(25)16-7-8-18-19(13-16)26-21(24-18)15-9-11-22-12-10-15/h3-6,9-12,16H,2,7-8,13H2,1H3,(H,23,25). The summed E-state index contributed by atoms with van der Waals surface area (Å²) < 4.78 is 0. The molecule has 0 bridgehead atoms. The van der Waals surface area contributed by atoms with Crippen molar-refractivity contribution in [2.24, 2.45) is 5.92 Å². The number of benzene rings is 1. The third-order valence-electron chi connectivity index (χ3n) is 4.89. The number of hydrogen-bond acceptors (Lipinski definition) is 4. The molecule has 1 aliphatic carbocycles. The summed E-state index contributed by atoms with van der Waals surface area (Å²) in [4.78, 5) is 22.9. The van der Waals surface area contributed by atoms with Gasteiger partial charge in [-0.3, -0.25) is 9.78 Å². The molecule has 132 valence electrons. The van der Waals surface area contributed by atoms with Crippen LogP contribution in [-0.4, -0.2) is 15.9 Å². The molecule has 1 amide bonds. The summed E-state index contributed by atoms with van der Waals surface area (Å²) in [6.07, 6.45) is 6.99. The van der Waals surface area contributed by atoms with E-state index in [2.05, 4.69) is 23.3 Å². The van der Waals surface area contributed by atoms with Crippen molar-refractivity contribution in [2.75, 3.05) is 5.32 Å². The second-order valence-electron chi connectivity index (χ2n) is 6.56. The molecule has 2 heterocycles. The van der Waals surface area contributed by atoms with Gasteiger partial charge in [0.1, 0.15) is 5.01 Å². The Morgan fingerprint density at radius 3 is 2.85 bits per heavy atom. The molecule has 1 unspecified atom stereocenters. The third kappa shape index (κ3) is 3.40. The van der Waals surface area contributed by atoms with Crippen LogP contribution >= 0.6 is 11.3 Å². The minimum absolute atomic E-state index is 0.0122. The first kappa shape index (κ1) is 16.9. The molecule has 26 heavy (non-hydrogen) atoms. The van der Waals surface area contributed by atoms with E-state index in [-0.39, 0.29) is 11.8 Å². The summed E-state index contributed by atoms with van der Waals surface area (Å²) in [5.74, 6) is 0.133. The van der Waals surface area contributed by atoms with E-state index >= 15 is 0 Å². The number of amides is 1. The van der Waals surface area contributed by atoms with E-state index < -0.39 is 0 Å². The van der Waals surface area contributed by atoms with Gasteiger partial charge in [-0.05, 0) is 49.4 Å². The largest absolute Gasteiger partial charge is 0.326 e. The number of rotatable bonds is 4. The molecule has 3 aromatic rings. The fraction of sp³-hybridized carbons (Fsp3) is 0.286. The van der Waals surface area contributed by atoms with E-state index in [1.54, 1.807) is 23.7 Å². The minimum atomic E-state index is 0.0122. The lowest BCUT2D eigenvalue weighted by Crippen LogP contribution is -2.28. The highest BCUT2D eigenvalue weighted by molar-refractivity contribution is 7.15. The van der Waals surface area contributed by atoms with Crippen molar-refractivity contribution in [3.05, 3.63) is 64.9 Å². The van der Waals surface area contributed by atoms with Crippen LogP contribution in [0.4, 0.5) is 5.69 Å². The molecule has 0 fully saturated rings. The SMILES string of the molecule is CCc1ccccc1NC(=O)C1CCc2nc(-c3ccncc3)sc2C1. The first-order valence-electron chi connectivity index (χ1n) is 9.02. The highest BCUT2D eigenvalue weighted by atomic mass is 32.1. The van der Waals surface area contributed by atoms with Crippen LogP contribution in [0.3, 0.4) is 0 Å². The smallest absolute Gasteiger partial charge is 0.227 e. The van der Waals surface area contributed by atoms with Gasteiger partial charge in [0.2, 0.25) is 5.91 Å². The van der Waals surface area contributed by atoms with Gasteiger partial charge < -0.3 is 5.32 Å². The molecule has 4 rings (SSSR count). The fourth-order valence-electron chi connectivity index (χ4n) is 3.40. The van der Waals surface area contributed by atoms with Crippen molar-refractivity contribution in [3.8, 4) is 10.6 Å². The first-order valence-corrected chi connectivity index (χ1v) is 9.84. The predicted molar refractivity (Wildman–Crippen MR) is 105 cm³/mol. The Kier molecular flexibility index (Phi) is 4.80. The van der Waals surface area contributed by atoms with Crippen LogP contribution in [0.1, 0.15) is 29.5 Å². The van der Waals surface area contributed by atoms with Gasteiger partial charge in [-0.2, -0.15) is 0 Å². The van der Waals surface area contributed by atoms with Gasteiger partial charge in [-0.15, -0.1) is 11.3 Å². The number of pyridine rings is 1. The average molecular weight is 363 g/mol. The van der Waals surface area contributed by atoms with Crippen molar-refractivity contribution < 1.29 is 4.79 Å². The van der Waals surface area contributed by atoms with Gasteiger partial charge in [0.25, 0.3) is 0 Å². The monoisotopic (exact) mass is 363 g/mol. The van der Waals surface area contributed by atoms with Gasteiger partial charge in [-0.1, -0.05) is 25.1 Å². The van der Waals surface area contributed by atoms with Crippen molar-refractivity contribution in [2.45, 2.75) is 32.6 Å². The van der Waals surface area contributed by atoms with Crippen molar-refractivity contribution >= 4 is 22.9 Å². The van der Waals surface area contributed by atoms with Crippen LogP contribution in [0, 0.1) is 5.92 Å². The number of nitrogens with one attached hydrogen (secondary N) is 1. The predicted octanol–water partition coefficient (Wildman–Crippen LogP) is 4.51. The maximum Gasteiger partial charge on any atom is 0.227 e. The van der Waals surface area contributed by atoms with Crippen molar-refractivity contribution in [1.82, 2.24) is 9.97 Å². The zero-order valence-corrected chi connectivity index (χ0v) is 15.6. The van der Waals surface area contributed by atoms with Crippen LogP contribution in [0.15, 0.2) is 48.8 Å². The molecule has 0 saturated carbocycles. The van der Waals surface area contributed by atoms with Crippen molar-refractivity contribution in [1.29, 1.82) is 0 Å². The van der Waals surface area contributed by atoms with E-state index in [9.17, 15) is 4.79 Å². The second kappa shape index (κ2) is 7.38. The molecule has 2 aromatic heterocycles. The molecule has 0 aliphatic heterocycles. The third-order valence-corrected chi connectivity index (χ3v) is 6.06. The fourth-order valence-corrected chi connectivity index (χ4v) is 4.60. The highest BCUT2D eigenvalue weighted by Gasteiger charge is 2.28. The molecule has 0 radical (unpaired) electrons. The quantitative estimate of drug-likeness (QED) is 0.742. The number of carbonyl (C=O) groups is 1. The number of nitrogens with zero attached hydrogens (tertiary/aromatic N) is 2. The minimum Gasteiger partial charge on any atom is -0.326 e. The molecule has 4 nitrogen and oxygen atoms in total. The number of aromatic nitrogens is 2. The molecule has 5 heteroatoms. The van der Waals surface area contributed by atoms with E-state index in [4.69, 9.17) is 4.98 Å². The van der Waals surface area contributed by atoms with Crippen LogP contribution in [0.5, 0.6) is 0 Å². The van der Waals surface area contributed by atoms with E-state index in [1.165, 1.54) is 10.4 Å². The Morgan fingerprint density at radius 1 is 1.23 bits per heavy atom. The Labute approximate surface area is 157 Å². The maximum absolute atomic E-state index is 12.8. The number of carbonyl (C=O) groups excluding carboxylic acids is 1. The van der Waals surface area contributed by atoms with Gasteiger partial charge in [-0.25, -0.2) is 4.98 Å². The topological polar surface area (TPSA) is 54.9 Å². The van der Waals surface area contributed by atoms with Crippen LogP contribution in [0.25, 0.3) is 10.6 Å². The summed E-state index contributed by atoms with van der Waals surface area (Å²) in [7, 11) is 0. The van der Waals surface area contributed by atoms with Crippen molar-refractivity contribution in [3.63, 3.8) is 0 Å². The van der Waals surface area contributed by atoms with Gasteiger partial charge >= 0.3 is 0 Å². The number of para-hydroxylation sites is 1. The number of aryl methyl sites for hydroxylation is 2. The Bertz CT molecular complexity index is 920. The van der Waals surface area contributed by atoms with E-state index in [0.29, 0.717) is 0 Å². The summed E-state index contributed by atoms with van der Waals surface area (Å²) >= 11 is 1.70. The molecule has 1 atom stereocenters. The zero-order valence-electron chi connectivity index (χ0n) is 14.7. The molecule has 1 N–H and O–H groups in total. The van der Waals surface area contributed by atoms with Gasteiger partial charge in [0.15, 0.2) is 0 Å². The number of fused-ring (bicyclic) bond motifs is 1. The Hall–Kier alpha value is -2.53. The summed E-state index contributed by atoms with van der Waals surface area (Å²) in [5, 5.41) is 4.16. The normalized spacial score (nSPS) is 16.1. The summed E-state index contributed by atoms with van der Waals surface area (Å²) in [6, 6.07) is 12.0. The first-order chi connectivity index (χ1) is 12.7. The van der Waals surface area contributed by atoms with Crippen LogP contribution < -0.4 is 5.32 Å². The lowest BCUT2D eigenvalue weighted by Gasteiger charge is -2.21. The van der Waals surface area contributed by atoms with Gasteiger partial charge in [0.05, 0.1) is 5.69 Å². The van der Waals surface area contributed by atoms with E-state index in [0.717, 1.165) is 47.6 Å². The molecule has 0 saturated heterocycles. The summed E-state index contributed by atoms with van der Waals surface area (Å²) in [5.41, 5.74) is 4.36. The average Bonchev–Trinajstić information content (AvgIpc) is 3.12. The number of hydrogen-bond donors (Lipinski definition) is 1. The number of thiazole rings is 1. The Balaban J connectivity index is 1.50. The molecule has 1 aliphatic rings. The lowest BCUT2D eigenvalue weighted by molar-refractivity contribution is -0.120. The maximum atomic E-state index is 12.8. The van der Waals surface area contributed by atoms with Crippen LogP contribution in [-0.2, 0) is 24.1 Å². The summed E-state index contributed by atoms with van der Waals surface area (Å²) in [6.45, 7) is 2.11. The molecular formula is C21H21N3OS. The van der Waals surface area contributed by atoms with Gasteiger partial charge in [0, 0.05) is 34.4 Å². The second-order valence-corrected chi connectivity index (χ2v) is 7.65. The number of anilines is 1. The van der Waals surface area contributed by atoms with Crippen LogP contribution in [0.2, 0.25) is 0 Å². The molecular weight excluding hydrogens is 342 g/mol. The highest BCUT2D eigenvalue weighted by Crippen LogP contribution is 2.35. The molecule has 0 spiro atoms.